The maximum absolute atomic E-state index is 12.9. The highest BCUT2D eigenvalue weighted by Gasteiger charge is 2.42. The van der Waals surface area contributed by atoms with Gasteiger partial charge in [-0.15, -0.1) is 0 Å². The molecule has 5 aromatic rings. The number of hydrogen-bond acceptors (Lipinski definition) is 9. The topological polar surface area (TPSA) is 157 Å². The number of rotatable bonds is 4. The van der Waals surface area contributed by atoms with Crippen molar-refractivity contribution in [1.29, 1.82) is 0 Å². The third kappa shape index (κ3) is 3.64. The minimum atomic E-state index is -1.47. The van der Waals surface area contributed by atoms with Crippen molar-refractivity contribution < 1.29 is 30.3 Å². The molecule has 2 heterocycles. The minimum absolute atomic E-state index is 0.136. The van der Waals surface area contributed by atoms with Crippen LogP contribution >= 0.6 is 0 Å². The number of anilines is 1. The molecule has 200 valence electrons. The first kappa shape index (κ1) is 24.4. The lowest BCUT2D eigenvalue weighted by atomic mass is 9.77. The number of nitrogens with zero attached hydrogens (tertiary/aromatic N) is 2. The predicted molar refractivity (Wildman–Crippen MR) is 144 cm³/mol. The second kappa shape index (κ2) is 8.95. The van der Waals surface area contributed by atoms with Crippen LogP contribution in [-0.4, -0.2) is 66.1 Å². The summed E-state index contributed by atoms with van der Waals surface area (Å²) in [6.45, 7) is -0.366. The maximum Gasteiger partial charge on any atom is 0.351 e. The van der Waals surface area contributed by atoms with Gasteiger partial charge in [0.05, 0.1) is 18.8 Å². The molecule has 1 fully saturated rings. The monoisotopic (exact) mass is 529 g/mol. The van der Waals surface area contributed by atoms with Gasteiger partial charge >= 0.3 is 5.69 Å². The van der Waals surface area contributed by atoms with E-state index in [2.05, 4.69) is 10.3 Å². The van der Waals surface area contributed by atoms with E-state index in [1.807, 2.05) is 48.5 Å². The highest BCUT2D eigenvalue weighted by atomic mass is 16.5. The molecule has 0 amide bonds. The average Bonchev–Trinajstić information content (AvgIpc) is 3.32. The third-order valence-corrected chi connectivity index (χ3v) is 8.19. The lowest BCUT2D eigenvalue weighted by Crippen LogP contribution is -2.44. The largest absolute Gasteiger partial charge is 0.394 e. The first-order valence-corrected chi connectivity index (χ1v) is 12.9. The molecule has 1 aromatic heterocycles. The van der Waals surface area contributed by atoms with Crippen LogP contribution in [0, 0.1) is 0 Å². The Kier molecular flexibility index (Phi) is 5.60. The molecule has 6 N–H and O–H groups in total. The van der Waals surface area contributed by atoms with Crippen molar-refractivity contribution in [3.05, 3.63) is 82.4 Å². The SMILES string of the molecule is O=c1nc(N[C@@H]2c3c(cc4ccc5cccc6ccc3c4c56)[C@@H](O)[C@H](O)[C@@H]2O)ccn1[C@H]1C[C@H](O)[C@@H](CO)O1. The Bertz CT molecular complexity index is 1760. The normalized spacial score (nSPS) is 28.9. The van der Waals surface area contributed by atoms with E-state index in [1.54, 1.807) is 6.07 Å². The van der Waals surface area contributed by atoms with E-state index in [4.69, 9.17) is 4.74 Å². The number of nitrogens with one attached hydrogen (secondary N) is 1. The van der Waals surface area contributed by atoms with Gasteiger partial charge in [0.25, 0.3) is 0 Å². The fourth-order valence-corrected chi connectivity index (χ4v) is 6.26. The summed E-state index contributed by atoms with van der Waals surface area (Å²) in [7, 11) is 0. The predicted octanol–water partition coefficient (Wildman–Crippen LogP) is 1.70. The lowest BCUT2D eigenvalue weighted by molar-refractivity contribution is -0.0766. The molecule has 7 atom stereocenters. The maximum atomic E-state index is 12.9. The number of hydrogen-bond donors (Lipinski definition) is 6. The van der Waals surface area contributed by atoms with Crippen LogP contribution in [-0.2, 0) is 4.74 Å². The summed E-state index contributed by atoms with van der Waals surface area (Å²) in [5.74, 6) is 0.165. The zero-order valence-electron chi connectivity index (χ0n) is 20.7. The summed E-state index contributed by atoms with van der Waals surface area (Å²) < 4.78 is 6.81. The van der Waals surface area contributed by atoms with Crippen molar-refractivity contribution in [2.75, 3.05) is 11.9 Å². The van der Waals surface area contributed by atoms with Gasteiger partial charge in [0.2, 0.25) is 0 Å². The first-order chi connectivity index (χ1) is 18.9. The van der Waals surface area contributed by atoms with Gasteiger partial charge in [-0.25, -0.2) is 4.79 Å². The van der Waals surface area contributed by atoms with Crippen LogP contribution < -0.4 is 11.0 Å². The molecule has 0 unspecified atom stereocenters. The molecule has 10 heteroatoms. The Balaban J connectivity index is 1.34. The molecule has 0 spiro atoms. The summed E-state index contributed by atoms with van der Waals surface area (Å²) in [4.78, 5) is 17.0. The van der Waals surface area contributed by atoms with Crippen molar-refractivity contribution in [1.82, 2.24) is 9.55 Å². The number of aromatic nitrogens is 2. The number of benzene rings is 4. The zero-order valence-corrected chi connectivity index (χ0v) is 20.7. The van der Waals surface area contributed by atoms with E-state index in [1.165, 1.54) is 10.8 Å². The molecule has 0 radical (unpaired) electrons. The van der Waals surface area contributed by atoms with Gasteiger partial charge in [0.1, 0.15) is 36.5 Å². The van der Waals surface area contributed by atoms with Crippen molar-refractivity contribution in [2.45, 2.75) is 49.2 Å². The van der Waals surface area contributed by atoms with Gasteiger partial charge in [-0.2, -0.15) is 4.98 Å². The molecule has 1 saturated heterocycles. The van der Waals surface area contributed by atoms with Crippen LogP contribution in [0.4, 0.5) is 5.82 Å². The van der Waals surface area contributed by atoms with Gasteiger partial charge in [-0.3, -0.25) is 4.57 Å². The van der Waals surface area contributed by atoms with Gasteiger partial charge in [0.15, 0.2) is 0 Å². The molecule has 0 saturated carbocycles. The highest BCUT2D eigenvalue weighted by molar-refractivity contribution is 6.24. The van der Waals surface area contributed by atoms with Crippen LogP contribution in [0.15, 0.2) is 65.6 Å². The Morgan fingerprint density at radius 1 is 0.949 bits per heavy atom. The fourth-order valence-electron chi connectivity index (χ4n) is 6.26. The zero-order chi connectivity index (χ0) is 27.0. The number of ether oxygens (including phenoxy) is 1. The molecule has 1 aliphatic heterocycles. The molecule has 10 nitrogen and oxygen atoms in total. The highest BCUT2D eigenvalue weighted by Crippen LogP contribution is 2.46. The van der Waals surface area contributed by atoms with Crippen molar-refractivity contribution >= 4 is 38.1 Å². The molecule has 4 aromatic carbocycles. The summed E-state index contributed by atoms with van der Waals surface area (Å²) in [6.07, 6.45) is -5.01. The number of aliphatic hydroxyl groups excluding tert-OH is 5. The smallest absolute Gasteiger partial charge is 0.351 e. The van der Waals surface area contributed by atoms with E-state index in [0.29, 0.717) is 11.1 Å². The van der Waals surface area contributed by atoms with E-state index >= 15 is 0 Å². The van der Waals surface area contributed by atoms with E-state index in [0.717, 1.165) is 32.3 Å². The second-order valence-electron chi connectivity index (χ2n) is 10.4. The van der Waals surface area contributed by atoms with Gasteiger partial charge in [-0.05, 0) is 55.6 Å². The third-order valence-electron chi connectivity index (χ3n) is 8.19. The second-order valence-corrected chi connectivity index (χ2v) is 10.4. The number of aliphatic hydroxyl groups is 5. The fraction of sp³-hybridized carbons (Fsp3) is 0.310. The van der Waals surface area contributed by atoms with Crippen molar-refractivity contribution in [2.24, 2.45) is 0 Å². The van der Waals surface area contributed by atoms with E-state index < -0.39 is 48.5 Å². The van der Waals surface area contributed by atoms with Gasteiger partial charge in [-0.1, -0.05) is 42.5 Å². The molecule has 39 heavy (non-hydrogen) atoms. The molecular weight excluding hydrogens is 502 g/mol. The standard InChI is InChI=1S/C29H27N3O7/c33-12-19-18(34)11-21(39-19)32-9-8-20(31-29(32)38)30-25-24-16-7-6-14-3-1-2-13-4-5-15(23(16)22(13)14)10-17(24)26(35)28(37)27(25)36/h1-10,18-19,21,25-28,33-37H,11-12H2,(H,30,31,38)/t18-,19+,21+,25+,26+,27+,28-/m0/s1. The molecular formula is C29H27N3O7. The number of fused-ring (bicyclic) bond motifs is 2. The Morgan fingerprint density at radius 3 is 2.41 bits per heavy atom. The molecule has 0 bridgehead atoms. The van der Waals surface area contributed by atoms with Crippen LogP contribution in [0.25, 0.3) is 32.3 Å². The Morgan fingerprint density at radius 2 is 1.69 bits per heavy atom. The van der Waals surface area contributed by atoms with Gasteiger partial charge < -0.3 is 35.6 Å². The van der Waals surface area contributed by atoms with Crippen LogP contribution in [0.1, 0.15) is 35.9 Å². The van der Waals surface area contributed by atoms with Crippen molar-refractivity contribution in [3.63, 3.8) is 0 Å². The summed E-state index contributed by atoms with van der Waals surface area (Å²) in [6, 6.07) is 16.6. The van der Waals surface area contributed by atoms with Crippen LogP contribution in [0.3, 0.4) is 0 Å². The Labute approximate surface area is 221 Å². The average molecular weight is 530 g/mol. The quantitative estimate of drug-likeness (QED) is 0.191. The summed E-state index contributed by atoms with van der Waals surface area (Å²) in [5, 5.41) is 61.3. The minimum Gasteiger partial charge on any atom is -0.394 e. The van der Waals surface area contributed by atoms with E-state index in [-0.39, 0.29) is 18.8 Å². The van der Waals surface area contributed by atoms with Crippen LogP contribution in [0.2, 0.25) is 0 Å². The van der Waals surface area contributed by atoms with Crippen molar-refractivity contribution in [3.8, 4) is 0 Å². The Hall–Kier alpha value is -3.64. The molecule has 2 aliphatic rings. The summed E-state index contributed by atoms with van der Waals surface area (Å²) >= 11 is 0. The molecule has 1 aliphatic carbocycles. The lowest BCUT2D eigenvalue weighted by Gasteiger charge is -2.39. The summed E-state index contributed by atoms with van der Waals surface area (Å²) in [5.41, 5.74) is 0.482. The van der Waals surface area contributed by atoms with Crippen LogP contribution in [0.5, 0.6) is 0 Å². The first-order valence-electron chi connectivity index (χ1n) is 12.9. The van der Waals surface area contributed by atoms with E-state index in [9.17, 15) is 30.3 Å². The van der Waals surface area contributed by atoms with Gasteiger partial charge in [0, 0.05) is 12.6 Å². The molecule has 7 rings (SSSR count).